The topological polar surface area (TPSA) is 99.6 Å². The van der Waals surface area contributed by atoms with Crippen molar-refractivity contribution in [1.82, 2.24) is 4.90 Å². The summed E-state index contributed by atoms with van der Waals surface area (Å²) in [6.45, 7) is 1.33. The summed E-state index contributed by atoms with van der Waals surface area (Å²) < 4.78 is 33.0. The molecule has 1 heterocycles. The Kier molecular flexibility index (Phi) is 5.88. The maximum atomic E-state index is 13.8. The lowest BCUT2D eigenvalue weighted by atomic mass is 9.80. The zero-order valence-electron chi connectivity index (χ0n) is 15.7. The highest BCUT2D eigenvalue weighted by Crippen LogP contribution is 2.48. The molecular weight excluding hydrogens is 368 g/mol. The van der Waals surface area contributed by atoms with E-state index in [0.717, 1.165) is 0 Å². The van der Waals surface area contributed by atoms with Crippen LogP contribution in [0, 0.1) is 17.2 Å². The number of likely N-dealkylation sites (tertiary alicyclic amines) is 1. The standard InChI is InChI=1S/C20H27F2N3O3/c21-19(22)9-6-16(12-19)20(27,15-4-2-1-3-5-15)17(26)28-13-14-7-10-25(11-8-14)18(23)24/h1-5,14,16,27H,6-13H2,(H3,23,24). The highest BCUT2D eigenvalue weighted by atomic mass is 19.3. The maximum absolute atomic E-state index is 13.8. The highest BCUT2D eigenvalue weighted by Gasteiger charge is 2.54. The molecule has 0 amide bonds. The number of rotatable bonds is 5. The fraction of sp³-hybridized carbons (Fsp3) is 0.600. The summed E-state index contributed by atoms with van der Waals surface area (Å²) in [5.41, 5.74) is 3.68. The van der Waals surface area contributed by atoms with E-state index in [4.69, 9.17) is 15.9 Å². The van der Waals surface area contributed by atoms with Crippen molar-refractivity contribution in [1.29, 1.82) is 5.41 Å². The van der Waals surface area contributed by atoms with Crippen molar-refractivity contribution >= 4 is 11.9 Å². The van der Waals surface area contributed by atoms with Crippen LogP contribution in [0.1, 0.15) is 37.7 Å². The lowest BCUT2D eigenvalue weighted by molar-refractivity contribution is -0.176. The molecule has 8 heteroatoms. The van der Waals surface area contributed by atoms with Gasteiger partial charge >= 0.3 is 5.97 Å². The van der Waals surface area contributed by atoms with Crippen LogP contribution in [-0.4, -0.2) is 47.6 Å². The number of hydrogen-bond donors (Lipinski definition) is 3. The fourth-order valence-electron chi connectivity index (χ4n) is 4.16. The molecule has 2 unspecified atom stereocenters. The second kappa shape index (κ2) is 8.03. The minimum atomic E-state index is -2.88. The number of nitrogens with two attached hydrogens (primary N) is 1. The monoisotopic (exact) mass is 395 g/mol. The van der Waals surface area contributed by atoms with Gasteiger partial charge in [0.15, 0.2) is 11.6 Å². The number of nitrogens with zero attached hydrogens (tertiary/aromatic N) is 1. The zero-order chi connectivity index (χ0) is 20.4. The minimum absolute atomic E-state index is 0.0241. The third-order valence-electron chi connectivity index (χ3n) is 5.92. The predicted octanol–water partition coefficient (Wildman–Crippen LogP) is 2.46. The zero-order valence-corrected chi connectivity index (χ0v) is 15.7. The first-order valence-corrected chi connectivity index (χ1v) is 9.64. The maximum Gasteiger partial charge on any atom is 0.343 e. The quantitative estimate of drug-likeness (QED) is 0.404. The number of guanidine groups is 1. The number of hydrogen-bond acceptors (Lipinski definition) is 4. The number of benzene rings is 1. The largest absolute Gasteiger partial charge is 0.463 e. The van der Waals surface area contributed by atoms with E-state index in [9.17, 15) is 18.7 Å². The number of alkyl halides is 2. The van der Waals surface area contributed by atoms with E-state index in [0.29, 0.717) is 25.9 Å². The Morgan fingerprint density at radius 1 is 1.29 bits per heavy atom. The van der Waals surface area contributed by atoms with Crippen molar-refractivity contribution in [2.75, 3.05) is 19.7 Å². The first kappa shape index (κ1) is 20.5. The molecule has 154 valence electrons. The SMILES string of the molecule is N=C(N)N1CCC(COC(=O)C(O)(c2ccccc2)C2CCC(F)(F)C2)CC1. The van der Waals surface area contributed by atoms with Gasteiger partial charge < -0.3 is 20.5 Å². The smallest absolute Gasteiger partial charge is 0.343 e. The molecule has 1 aromatic rings. The van der Waals surface area contributed by atoms with Gasteiger partial charge in [-0.2, -0.15) is 0 Å². The van der Waals surface area contributed by atoms with Crippen molar-refractivity contribution in [3.8, 4) is 0 Å². The number of nitrogens with one attached hydrogen (secondary N) is 1. The molecule has 3 rings (SSSR count). The van der Waals surface area contributed by atoms with Crippen LogP contribution in [0.4, 0.5) is 8.78 Å². The molecule has 0 aromatic heterocycles. The number of carbonyl (C=O) groups excluding carboxylic acids is 1. The summed E-state index contributed by atoms with van der Waals surface area (Å²) >= 11 is 0. The van der Waals surface area contributed by atoms with E-state index in [2.05, 4.69) is 0 Å². The molecule has 0 spiro atoms. The van der Waals surface area contributed by atoms with Gasteiger partial charge in [0.25, 0.3) is 0 Å². The van der Waals surface area contributed by atoms with Gasteiger partial charge in [-0.15, -0.1) is 0 Å². The summed E-state index contributed by atoms with van der Waals surface area (Å²) in [7, 11) is 0. The Hall–Kier alpha value is -2.22. The molecule has 1 aromatic carbocycles. The van der Waals surface area contributed by atoms with Crippen molar-refractivity contribution in [3.05, 3.63) is 35.9 Å². The first-order chi connectivity index (χ1) is 13.2. The van der Waals surface area contributed by atoms with Crippen molar-refractivity contribution in [2.45, 2.75) is 43.6 Å². The Morgan fingerprint density at radius 3 is 2.46 bits per heavy atom. The molecule has 2 aliphatic rings. The second-order valence-electron chi connectivity index (χ2n) is 7.84. The molecule has 2 atom stereocenters. The second-order valence-corrected chi connectivity index (χ2v) is 7.84. The van der Waals surface area contributed by atoms with Gasteiger partial charge in [-0.1, -0.05) is 30.3 Å². The average Bonchev–Trinajstić information content (AvgIpc) is 3.06. The fourth-order valence-corrected chi connectivity index (χ4v) is 4.16. The van der Waals surface area contributed by atoms with Gasteiger partial charge in [-0.3, -0.25) is 5.41 Å². The third kappa shape index (κ3) is 4.27. The Balaban J connectivity index is 1.69. The molecular formula is C20H27F2N3O3. The number of ether oxygens (including phenoxy) is 1. The Bertz CT molecular complexity index is 708. The molecule has 1 saturated carbocycles. The first-order valence-electron chi connectivity index (χ1n) is 9.64. The van der Waals surface area contributed by atoms with Crippen molar-refractivity contribution in [3.63, 3.8) is 0 Å². The van der Waals surface area contributed by atoms with Crippen LogP contribution >= 0.6 is 0 Å². The summed E-state index contributed by atoms with van der Waals surface area (Å²) in [5, 5.41) is 18.7. The van der Waals surface area contributed by atoms with Crippen LogP contribution < -0.4 is 5.73 Å². The van der Waals surface area contributed by atoms with E-state index in [1.54, 1.807) is 35.2 Å². The van der Waals surface area contributed by atoms with Crippen LogP contribution in [-0.2, 0) is 15.1 Å². The number of piperidine rings is 1. The Morgan fingerprint density at radius 2 is 1.93 bits per heavy atom. The van der Waals surface area contributed by atoms with Crippen LogP contribution in [0.25, 0.3) is 0 Å². The summed E-state index contributed by atoms with van der Waals surface area (Å²) in [4.78, 5) is 14.6. The van der Waals surface area contributed by atoms with Crippen LogP contribution in [0.5, 0.6) is 0 Å². The molecule has 4 N–H and O–H groups in total. The molecule has 1 aliphatic heterocycles. The minimum Gasteiger partial charge on any atom is -0.463 e. The van der Waals surface area contributed by atoms with Gasteiger partial charge in [0.05, 0.1) is 6.61 Å². The van der Waals surface area contributed by atoms with E-state index in [-0.39, 0.29) is 36.9 Å². The van der Waals surface area contributed by atoms with E-state index < -0.39 is 29.8 Å². The molecule has 1 aliphatic carbocycles. The summed E-state index contributed by atoms with van der Waals surface area (Å²) in [6.07, 6.45) is 0.592. The van der Waals surface area contributed by atoms with Gasteiger partial charge in [0.1, 0.15) is 0 Å². The molecule has 6 nitrogen and oxygen atoms in total. The summed E-state index contributed by atoms with van der Waals surface area (Å²) in [6, 6.07) is 8.21. The van der Waals surface area contributed by atoms with Crippen molar-refractivity contribution < 1.29 is 23.4 Å². The summed E-state index contributed by atoms with van der Waals surface area (Å²) in [5.74, 6) is -4.53. The lowest BCUT2D eigenvalue weighted by Gasteiger charge is -2.34. The van der Waals surface area contributed by atoms with Gasteiger partial charge in [0, 0.05) is 31.8 Å². The van der Waals surface area contributed by atoms with Crippen LogP contribution in [0.15, 0.2) is 30.3 Å². The van der Waals surface area contributed by atoms with Crippen LogP contribution in [0.2, 0.25) is 0 Å². The van der Waals surface area contributed by atoms with Gasteiger partial charge in [0.2, 0.25) is 5.92 Å². The van der Waals surface area contributed by atoms with Crippen molar-refractivity contribution in [2.24, 2.45) is 17.6 Å². The van der Waals surface area contributed by atoms with Gasteiger partial charge in [-0.25, -0.2) is 13.6 Å². The third-order valence-corrected chi connectivity index (χ3v) is 5.92. The average molecular weight is 395 g/mol. The number of carbonyl (C=O) groups is 1. The molecule has 2 fully saturated rings. The highest BCUT2D eigenvalue weighted by molar-refractivity contribution is 5.81. The van der Waals surface area contributed by atoms with E-state index >= 15 is 0 Å². The number of halogens is 2. The molecule has 0 radical (unpaired) electrons. The molecule has 1 saturated heterocycles. The van der Waals surface area contributed by atoms with E-state index in [1.807, 2.05) is 0 Å². The van der Waals surface area contributed by atoms with Crippen LogP contribution in [0.3, 0.4) is 0 Å². The number of aliphatic hydroxyl groups is 1. The van der Waals surface area contributed by atoms with Gasteiger partial charge in [-0.05, 0) is 30.7 Å². The number of esters is 1. The van der Waals surface area contributed by atoms with E-state index in [1.165, 1.54) is 0 Å². The Labute approximate surface area is 163 Å². The predicted molar refractivity (Wildman–Crippen MR) is 99.8 cm³/mol. The molecule has 28 heavy (non-hydrogen) atoms. The lowest BCUT2D eigenvalue weighted by Crippen LogP contribution is -2.46. The normalized spacial score (nSPS) is 24.5. The molecule has 0 bridgehead atoms.